The van der Waals surface area contributed by atoms with Gasteiger partial charge in [0.2, 0.25) is 0 Å². The molecule has 0 aromatic carbocycles. The van der Waals surface area contributed by atoms with Gasteiger partial charge >= 0.3 is 5.97 Å². The Hall–Kier alpha value is -0.830. The van der Waals surface area contributed by atoms with Crippen LogP contribution in [0.25, 0.3) is 0 Å². The summed E-state index contributed by atoms with van der Waals surface area (Å²) in [5.74, 6) is 0.310. The van der Waals surface area contributed by atoms with Gasteiger partial charge < -0.3 is 9.47 Å². The van der Waals surface area contributed by atoms with Gasteiger partial charge in [-0.15, -0.1) is 0 Å². The summed E-state index contributed by atoms with van der Waals surface area (Å²) < 4.78 is 11.5. The molecule has 0 saturated carbocycles. The minimum atomic E-state index is -0.0681. The first-order valence-corrected chi connectivity index (χ1v) is 7.05. The largest absolute Gasteiger partial charge is 0.459 e. The lowest BCUT2D eigenvalue weighted by atomic mass is 9.81. The van der Waals surface area contributed by atoms with Crippen LogP contribution in [-0.4, -0.2) is 23.8 Å². The molecule has 3 nitrogen and oxygen atoms in total. The molecule has 0 bridgehead atoms. The van der Waals surface area contributed by atoms with Crippen molar-refractivity contribution in [3.05, 3.63) is 11.6 Å². The molecule has 18 heavy (non-hydrogen) atoms. The van der Waals surface area contributed by atoms with Crippen LogP contribution in [0.5, 0.6) is 0 Å². The van der Waals surface area contributed by atoms with E-state index in [-0.39, 0.29) is 29.7 Å². The second-order valence-corrected chi connectivity index (χ2v) is 6.33. The zero-order valence-electron chi connectivity index (χ0n) is 11.4. The fourth-order valence-electron chi connectivity index (χ4n) is 3.46. The van der Waals surface area contributed by atoms with Crippen molar-refractivity contribution in [1.29, 1.82) is 0 Å². The Morgan fingerprint density at radius 3 is 3.00 bits per heavy atom. The molecule has 0 aromatic heterocycles. The molecule has 2 heterocycles. The standard InChI is InChI=1S/C15H22O3/c1-9-5-4-8-15(3)13(18-15)12-11(7-6-9)10(2)14(16)17-12/h5,10-13H,4,6-8H2,1-3H3/b9-5+/t10?,11-,12-,13-,15+/m0/s1. The van der Waals surface area contributed by atoms with Crippen LogP contribution in [0.15, 0.2) is 11.6 Å². The first kappa shape index (κ1) is 12.2. The van der Waals surface area contributed by atoms with E-state index in [1.165, 1.54) is 5.57 Å². The zero-order chi connectivity index (χ0) is 12.9. The molecule has 3 heteroatoms. The first-order chi connectivity index (χ1) is 8.51. The lowest BCUT2D eigenvalue weighted by molar-refractivity contribution is -0.144. The van der Waals surface area contributed by atoms with Crippen LogP contribution in [0, 0.1) is 11.8 Å². The van der Waals surface area contributed by atoms with Gasteiger partial charge in [0, 0.05) is 5.92 Å². The van der Waals surface area contributed by atoms with Gasteiger partial charge in [-0.2, -0.15) is 0 Å². The van der Waals surface area contributed by atoms with Gasteiger partial charge in [-0.25, -0.2) is 0 Å². The Balaban J connectivity index is 1.85. The lowest BCUT2D eigenvalue weighted by Crippen LogP contribution is -2.29. The highest BCUT2D eigenvalue weighted by atomic mass is 16.6. The van der Waals surface area contributed by atoms with Crippen LogP contribution in [0.4, 0.5) is 0 Å². The summed E-state index contributed by atoms with van der Waals surface area (Å²) in [5.41, 5.74) is 1.37. The predicted octanol–water partition coefficient (Wildman–Crippen LogP) is 2.84. The lowest BCUT2D eigenvalue weighted by Gasteiger charge is -2.20. The van der Waals surface area contributed by atoms with Crippen LogP contribution in [0.3, 0.4) is 0 Å². The van der Waals surface area contributed by atoms with Crippen molar-refractivity contribution in [3.63, 3.8) is 0 Å². The Morgan fingerprint density at radius 2 is 2.22 bits per heavy atom. The van der Waals surface area contributed by atoms with Gasteiger partial charge in [-0.05, 0) is 39.5 Å². The van der Waals surface area contributed by atoms with Crippen molar-refractivity contribution in [2.45, 2.75) is 64.3 Å². The number of hydrogen-bond donors (Lipinski definition) is 0. The smallest absolute Gasteiger partial charge is 0.309 e. The molecule has 3 aliphatic rings. The molecule has 0 spiro atoms. The van der Waals surface area contributed by atoms with Gasteiger partial charge in [0.15, 0.2) is 0 Å². The number of carbonyl (C=O) groups excluding carboxylic acids is 1. The number of rotatable bonds is 0. The van der Waals surface area contributed by atoms with Crippen LogP contribution in [0.1, 0.15) is 46.5 Å². The summed E-state index contributed by atoms with van der Waals surface area (Å²) in [7, 11) is 0. The number of fused-ring (bicyclic) bond motifs is 3. The summed E-state index contributed by atoms with van der Waals surface area (Å²) in [6, 6.07) is 0. The molecule has 0 aromatic rings. The summed E-state index contributed by atoms with van der Waals surface area (Å²) in [5, 5.41) is 0. The minimum absolute atomic E-state index is 0.0107. The maximum atomic E-state index is 11.8. The summed E-state index contributed by atoms with van der Waals surface area (Å²) in [4.78, 5) is 11.8. The molecule has 1 unspecified atom stereocenters. The van der Waals surface area contributed by atoms with Crippen molar-refractivity contribution in [2.24, 2.45) is 11.8 Å². The Morgan fingerprint density at radius 1 is 1.44 bits per heavy atom. The van der Waals surface area contributed by atoms with Crippen molar-refractivity contribution >= 4 is 5.97 Å². The summed E-state index contributed by atoms with van der Waals surface area (Å²) >= 11 is 0. The number of esters is 1. The summed E-state index contributed by atoms with van der Waals surface area (Å²) in [6.45, 7) is 6.33. The fraction of sp³-hybridized carbons (Fsp3) is 0.800. The maximum Gasteiger partial charge on any atom is 0.309 e. The third-order valence-corrected chi connectivity index (χ3v) is 4.93. The average Bonchev–Trinajstić information content (AvgIpc) is 2.90. The van der Waals surface area contributed by atoms with Gasteiger partial charge in [-0.3, -0.25) is 4.79 Å². The molecule has 0 radical (unpaired) electrons. The zero-order valence-corrected chi connectivity index (χ0v) is 11.4. The minimum Gasteiger partial charge on any atom is -0.459 e. The van der Waals surface area contributed by atoms with E-state index < -0.39 is 0 Å². The molecule has 3 rings (SSSR count). The van der Waals surface area contributed by atoms with E-state index in [4.69, 9.17) is 9.47 Å². The predicted molar refractivity (Wildman–Crippen MR) is 68.0 cm³/mol. The summed E-state index contributed by atoms with van der Waals surface area (Å²) in [6.07, 6.45) is 6.66. The first-order valence-electron chi connectivity index (χ1n) is 7.05. The van der Waals surface area contributed by atoms with E-state index in [2.05, 4.69) is 19.9 Å². The number of allylic oxidation sites excluding steroid dienone is 2. The molecule has 2 fully saturated rings. The van der Waals surface area contributed by atoms with E-state index in [9.17, 15) is 4.79 Å². The Kier molecular flexibility index (Phi) is 2.77. The SMILES string of the molecule is C/C1=C\CC[C@@]2(C)O[C@H]2[C@H]2OC(=O)C(C)[C@@H]2CC1. The highest BCUT2D eigenvalue weighted by Crippen LogP contribution is 2.50. The molecule has 2 saturated heterocycles. The third-order valence-electron chi connectivity index (χ3n) is 4.93. The highest BCUT2D eigenvalue weighted by molar-refractivity contribution is 5.75. The highest BCUT2D eigenvalue weighted by Gasteiger charge is 2.61. The molecular weight excluding hydrogens is 228 g/mol. The van der Waals surface area contributed by atoms with Crippen molar-refractivity contribution < 1.29 is 14.3 Å². The maximum absolute atomic E-state index is 11.8. The number of ether oxygens (including phenoxy) is 2. The quantitative estimate of drug-likeness (QED) is 0.377. The van der Waals surface area contributed by atoms with Crippen LogP contribution >= 0.6 is 0 Å². The van der Waals surface area contributed by atoms with E-state index in [0.717, 1.165) is 25.7 Å². The van der Waals surface area contributed by atoms with Crippen molar-refractivity contribution in [3.8, 4) is 0 Å². The second-order valence-electron chi connectivity index (χ2n) is 6.33. The van der Waals surface area contributed by atoms with E-state index in [1.807, 2.05) is 6.92 Å². The molecule has 5 atom stereocenters. The van der Waals surface area contributed by atoms with Gasteiger partial charge in [-0.1, -0.05) is 18.6 Å². The van der Waals surface area contributed by atoms with Gasteiger partial charge in [0.1, 0.15) is 12.2 Å². The Bertz CT molecular complexity index is 401. The third kappa shape index (κ3) is 1.89. The molecular formula is C15H22O3. The second kappa shape index (κ2) is 4.09. The van der Waals surface area contributed by atoms with E-state index >= 15 is 0 Å². The van der Waals surface area contributed by atoms with Crippen LogP contribution in [0.2, 0.25) is 0 Å². The number of carbonyl (C=O) groups is 1. The van der Waals surface area contributed by atoms with Crippen LogP contribution < -0.4 is 0 Å². The van der Waals surface area contributed by atoms with Crippen molar-refractivity contribution in [1.82, 2.24) is 0 Å². The topological polar surface area (TPSA) is 38.8 Å². The van der Waals surface area contributed by atoms with E-state index in [1.54, 1.807) is 0 Å². The molecule has 1 aliphatic carbocycles. The van der Waals surface area contributed by atoms with Gasteiger partial charge in [0.25, 0.3) is 0 Å². The van der Waals surface area contributed by atoms with Crippen molar-refractivity contribution in [2.75, 3.05) is 0 Å². The fourth-order valence-corrected chi connectivity index (χ4v) is 3.46. The molecule has 2 aliphatic heterocycles. The van der Waals surface area contributed by atoms with E-state index in [0.29, 0.717) is 5.92 Å². The van der Waals surface area contributed by atoms with Crippen LogP contribution in [-0.2, 0) is 14.3 Å². The normalized spacial score (nSPS) is 50.6. The molecule has 0 N–H and O–H groups in total. The molecule has 100 valence electrons. The Labute approximate surface area is 109 Å². The number of hydrogen-bond acceptors (Lipinski definition) is 3. The molecule has 0 amide bonds. The number of epoxide rings is 1. The monoisotopic (exact) mass is 250 g/mol. The average molecular weight is 250 g/mol. The van der Waals surface area contributed by atoms with Gasteiger partial charge in [0.05, 0.1) is 11.5 Å².